The van der Waals surface area contributed by atoms with E-state index in [2.05, 4.69) is 5.32 Å². The molecule has 1 amide bonds. The van der Waals surface area contributed by atoms with Crippen LogP contribution in [0.5, 0.6) is 0 Å². The van der Waals surface area contributed by atoms with Crippen molar-refractivity contribution in [3.05, 3.63) is 35.0 Å². The first-order valence-electron chi connectivity index (χ1n) is 12.3. The molecule has 5 aliphatic rings. The van der Waals surface area contributed by atoms with Crippen LogP contribution in [0.1, 0.15) is 61.7 Å². The van der Waals surface area contributed by atoms with Crippen LogP contribution in [-0.4, -0.2) is 40.9 Å². The number of nitrogens with zero attached hydrogens (tertiary/aromatic N) is 1. The number of nitrogens with one attached hydrogen (secondary N) is 1. The van der Waals surface area contributed by atoms with Gasteiger partial charge in [-0.15, -0.1) is 0 Å². The highest BCUT2D eigenvalue weighted by molar-refractivity contribution is 6.36. The molecule has 4 saturated carbocycles. The number of aliphatic hydroxyl groups is 1. The van der Waals surface area contributed by atoms with Crippen molar-refractivity contribution < 1.29 is 14.6 Å². The maximum atomic E-state index is 13.2. The molecule has 0 atom stereocenters. The summed E-state index contributed by atoms with van der Waals surface area (Å²) < 4.78 is 7.21. The van der Waals surface area contributed by atoms with E-state index in [4.69, 9.17) is 16.3 Å². The summed E-state index contributed by atoms with van der Waals surface area (Å²) in [6.07, 6.45) is 12.0. The van der Waals surface area contributed by atoms with Crippen molar-refractivity contribution in [3.63, 3.8) is 0 Å². The monoisotopic (exact) mass is 456 g/mol. The summed E-state index contributed by atoms with van der Waals surface area (Å²) in [6, 6.07) is 5.75. The van der Waals surface area contributed by atoms with Gasteiger partial charge in [-0.1, -0.05) is 17.7 Å². The SMILES string of the molecule is O=C(NCCC12CC3CC(CC(C3)C1)C2)c1cn(CCC2(O)COC2)c2cccc(Cl)c12. The maximum absolute atomic E-state index is 13.2. The minimum Gasteiger partial charge on any atom is -0.385 e. The van der Waals surface area contributed by atoms with Gasteiger partial charge in [-0.3, -0.25) is 4.79 Å². The van der Waals surface area contributed by atoms with Gasteiger partial charge in [0.25, 0.3) is 5.91 Å². The highest BCUT2D eigenvalue weighted by atomic mass is 35.5. The second kappa shape index (κ2) is 7.75. The van der Waals surface area contributed by atoms with Gasteiger partial charge in [0.2, 0.25) is 0 Å². The summed E-state index contributed by atoms with van der Waals surface area (Å²) >= 11 is 6.53. The van der Waals surface area contributed by atoms with Crippen molar-refractivity contribution in [2.45, 2.75) is 63.5 Å². The van der Waals surface area contributed by atoms with E-state index in [0.29, 0.717) is 42.2 Å². The van der Waals surface area contributed by atoms with Crippen LogP contribution < -0.4 is 5.32 Å². The first-order chi connectivity index (χ1) is 15.4. The second-order valence-corrected chi connectivity index (χ2v) is 11.7. The van der Waals surface area contributed by atoms with E-state index in [1.165, 1.54) is 38.5 Å². The third-order valence-electron chi connectivity index (χ3n) is 8.77. The molecule has 172 valence electrons. The molecule has 1 aliphatic heterocycles. The topological polar surface area (TPSA) is 63.5 Å². The molecule has 5 nitrogen and oxygen atoms in total. The minimum absolute atomic E-state index is 0.0442. The maximum Gasteiger partial charge on any atom is 0.253 e. The number of hydrogen-bond acceptors (Lipinski definition) is 3. The fourth-order valence-corrected chi connectivity index (χ4v) is 7.88. The number of aryl methyl sites for hydroxylation is 1. The molecular formula is C26H33ClN2O3. The van der Waals surface area contributed by atoms with Crippen LogP contribution in [0, 0.1) is 23.2 Å². The fourth-order valence-electron chi connectivity index (χ4n) is 7.61. The van der Waals surface area contributed by atoms with Crippen molar-refractivity contribution in [2.75, 3.05) is 19.8 Å². The van der Waals surface area contributed by atoms with Crippen molar-refractivity contribution in [3.8, 4) is 0 Å². The number of amides is 1. The molecule has 1 aromatic carbocycles. The summed E-state index contributed by atoms with van der Waals surface area (Å²) in [5, 5.41) is 15.0. The number of ether oxygens (including phenoxy) is 1. The minimum atomic E-state index is -0.755. The van der Waals surface area contributed by atoms with Crippen molar-refractivity contribution in [1.29, 1.82) is 0 Å². The molecule has 4 bridgehead atoms. The first kappa shape index (κ1) is 21.0. The molecule has 0 radical (unpaired) electrons. The lowest BCUT2D eigenvalue weighted by atomic mass is 9.49. The average Bonchev–Trinajstić information content (AvgIpc) is 3.10. The number of carbonyl (C=O) groups is 1. The number of benzene rings is 1. The molecule has 7 rings (SSSR count). The number of carbonyl (C=O) groups excluding carboxylic acids is 1. The van der Waals surface area contributed by atoms with Gasteiger partial charge in [0.05, 0.1) is 29.3 Å². The van der Waals surface area contributed by atoms with Gasteiger partial charge in [0.1, 0.15) is 5.60 Å². The lowest BCUT2D eigenvalue weighted by molar-refractivity contribution is -0.182. The highest BCUT2D eigenvalue weighted by Gasteiger charge is 2.50. The van der Waals surface area contributed by atoms with Crippen molar-refractivity contribution in [2.24, 2.45) is 23.2 Å². The number of hydrogen-bond donors (Lipinski definition) is 2. The smallest absolute Gasteiger partial charge is 0.253 e. The van der Waals surface area contributed by atoms with Gasteiger partial charge in [0, 0.05) is 24.7 Å². The van der Waals surface area contributed by atoms with Gasteiger partial charge < -0.3 is 19.7 Å². The molecule has 1 aromatic heterocycles. The largest absolute Gasteiger partial charge is 0.385 e. The lowest BCUT2D eigenvalue weighted by Crippen LogP contribution is -2.50. The number of aromatic nitrogens is 1. The lowest BCUT2D eigenvalue weighted by Gasteiger charge is -2.57. The average molecular weight is 457 g/mol. The molecule has 2 aromatic rings. The number of halogens is 1. The quantitative estimate of drug-likeness (QED) is 0.630. The fraction of sp³-hybridized carbons (Fsp3) is 0.654. The zero-order chi connectivity index (χ0) is 21.9. The molecule has 5 fully saturated rings. The summed E-state index contributed by atoms with van der Waals surface area (Å²) in [4.78, 5) is 13.2. The Hall–Kier alpha value is -1.56. The van der Waals surface area contributed by atoms with Crippen LogP contribution in [0.25, 0.3) is 10.9 Å². The van der Waals surface area contributed by atoms with Crippen LogP contribution in [-0.2, 0) is 11.3 Å². The Kier molecular flexibility index (Phi) is 5.09. The number of rotatable bonds is 7. The van der Waals surface area contributed by atoms with E-state index in [9.17, 15) is 9.90 Å². The predicted molar refractivity (Wildman–Crippen MR) is 125 cm³/mol. The van der Waals surface area contributed by atoms with Crippen LogP contribution in [0.2, 0.25) is 5.02 Å². The molecule has 6 heteroatoms. The Morgan fingerprint density at radius 2 is 1.81 bits per heavy atom. The first-order valence-corrected chi connectivity index (χ1v) is 12.7. The van der Waals surface area contributed by atoms with Crippen molar-refractivity contribution >= 4 is 28.4 Å². The Morgan fingerprint density at radius 3 is 2.44 bits per heavy atom. The predicted octanol–water partition coefficient (Wildman–Crippen LogP) is 4.78. The normalized spacial score (nSPS) is 32.2. The standard InChI is InChI=1S/C26H33ClN2O3/c27-21-2-1-3-22-23(21)20(14-29(22)7-5-26(31)15-32-16-26)24(30)28-6-4-25-11-17-8-18(12-25)10-19(9-17)13-25/h1-3,14,17-19,31H,4-13,15-16H2,(H,28,30). The van der Waals surface area contributed by atoms with Gasteiger partial charge in [-0.2, -0.15) is 0 Å². The molecular weight excluding hydrogens is 424 g/mol. The van der Waals surface area contributed by atoms with E-state index in [1.807, 2.05) is 29.0 Å². The van der Waals surface area contributed by atoms with Crippen LogP contribution in [0.4, 0.5) is 0 Å². The summed E-state index contributed by atoms with van der Waals surface area (Å²) in [5.74, 6) is 2.76. The summed E-state index contributed by atoms with van der Waals surface area (Å²) in [7, 11) is 0. The van der Waals surface area contributed by atoms with Gasteiger partial charge in [-0.05, 0) is 86.7 Å². The summed E-state index contributed by atoms with van der Waals surface area (Å²) in [5.41, 5.74) is 1.28. The van der Waals surface area contributed by atoms with Gasteiger partial charge in [0.15, 0.2) is 0 Å². The third-order valence-corrected chi connectivity index (χ3v) is 9.08. The molecule has 0 spiro atoms. The zero-order valence-electron chi connectivity index (χ0n) is 18.6. The van der Waals surface area contributed by atoms with E-state index in [1.54, 1.807) is 0 Å². The zero-order valence-corrected chi connectivity index (χ0v) is 19.4. The Morgan fingerprint density at radius 1 is 1.12 bits per heavy atom. The van der Waals surface area contributed by atoms with Gasteiger partial charge in [-0.25, -0.2) is 0 Å². The van der Waals surface area contributed by atoms with E-state index in [-0.39, 0.29) is 5.91 Å². The third kappa shape index (κ3) is 3.66. The van der Waals surface area contributed by atoms with Crippen molar-refractivity contribution in [1.82, 2.24) is 9.88 Å². The van der Waals surface area contributed by atoms with E-state index >= 15 is 0 Å². The summed E-state index contributed by atoms with van der Waals surface area (Å²) in [6.45, 7) is 2.12. The molecule has 1 saturated heterocycles. The van der Waals surface area contributed by atoms with Gasteiger partial charge >= 0.3 is 0 Å². The van der Waals surface area contributed by atoms with Crippen LogP contribution >= 0.6 is 11.6 Å². The van der Waals surface area contributed by atoms with E-state index < -0.39 is 5.60 Å². The van der Waals surface area contributed by atoms with Crippen LogP contribution in [0.3, 0.4) is 0 Å². The Balaban J connectivity index is 1.16. The molecule has 32 heavy (non-hydrogen) atoms. The van der Waals surface area contributed by atoms with Crippen LogP contribution in [0.15, 0.2) is 24.4 Å². The number of fused-ring (bicyclic) bond motifs is 1. The highest BCUT2D eigenvalue weighted by Crippen LogP contribution is 2.61. The second-order valence-electron chi connectivity index (χ2n) is 11.3. The molecule has 2 heterocycles. The Bertz CT molecular complexity index is 1010. The molecule has 0 unspecified atom stereocenters. The molecule has 2 N–H and O–H groups in total. The molecule has 4 aliphatic carbocycles. The Labute approximate surface area is 194 Å². The van der Waals surface area contributed by atoms with E-state index in [0.717, 1.165) is 41.6 Å².